The molecule has 2 amide bonds. The van der Waals surface area contributed by atoms with Crippen LogP contribution in [0.2, 0.25) is 0 Å². The molecular formula is C26H34N2O2. The molecule has 2 aromatic rings. The maximum atomic E-state index is 12.9. The average molecular weight is 407 g/mol. The maximum Gasteiger partial charge on any atom is 0.222 e. The molecule has 3 rings (SSSR count). The predicted molar refractivity (Wildman–Crippen MR) is 122 cm³/mol. The molecule has 0 fully saturated rings. The van der Waals surface area contributed by atoms with Crippen LogP contribution >= 0.6 is 0 Å². The molecule has 0 aromatic heterocycles. The second-order valence-electron chi connectivity index (χ2n) is 8.15. The van der Waals surface area contributed by atoms with Crippen molar-refractivity contribution >= 4 is 11.8 Å². The molecule has 0 saturated heterocycles. The Morgan fingerprint density at radius 1 is 0.733 bits per heavy atom. The van der Waals surface area contributed by atoms with Crippen molar-refractivity contribution < 1.29 is 9.59 Å². The van der Waals surface area contributed by atoms with Gasteiger partial charge in [-0.2, -0.15) is 0 Å². The fourth-order valence-corrected chi connectivity index (χ4v) is 4.82. The van der Waals surface area contributed by atoms with Crippen LogP contribution in [0.3, 0.4) is 0 Å². The fraction of sp³-hybridized carbons (Fsp3) is 0.462. The van der Waals surface area contributed by atoms with E-state index in [0.29, 0.717) is 19.4 Å². The van der Waals surface area contributed by atoms with Crippen LogP contribution in [-0.2, 0) is 15.0 Å². The number of amides is 2. The summed E-state index contributed by atoms with van der Waals surface area (Å²) in [7, 11) is 1.86. The lowest BCUT2D eigenvalue weighted by atomic mass is 9.71. The first-order chi connectivity index (χ1) is 14.5. The topological polar surface area (TPSA) is 40.6 Å². The van der Waals surface area contributed by atoms with Gasteiger partial charge in [0.15, 0.2) is 0 Å². The van der Waals surface area contributed by atoms with Gasteiger partial charge in [0.2, 0.25) is 11.8 Å². The summed E-state index contributed by atoms with van der Waals surface area (Å²) in [6.45, 7) is 8.22. The van der Waals surface area contributed by atoms with Gasteiger partial charge in [0.05, 0.1) is 0 Å². The van der Waals surface area contributed by atoms with Gasteiger partial charge in [0, 0.05) is 44.9 Å². The second-order valence-corrected chi connectivity index (χ2v) is 8.15. The summed E-state index contributed by atoms with van der Waals surface area (Å²) < 4.78 is 0. The van der Waals surface area contributed by atoms with E-state index >= 15 is 0 Å². The van der Waals surface area contributed by atoms with Crippen LogP contribution in [0.25, 0.3) is 11.1 Å². The molecule has 30 heavy (non-hydrogen) atoms. The number of hydrogen-bond donors (Lipinski definition) is 0. The van der Waals surface area contributed by atoms with Crippen molar-refractivity contribution in [1.82, 2.24) is 9.80 Å². The van der Waals surface area contributed by atoms with Crippen LogP contribution < -0.4 is 0 Å². The second kappa shape index (κ2) is 9.46. The average Bonchev–Trinajstić information content (AvgIpc) is 3.07. The Balaban J connectivity index is 2.00. The van der Waals surface area contributed by atoms with E-state index in [1.165, 1.54) is 22.3 Å². The Morgan fingerprint density at radius 2 is 1.20 bits per heavy atom. The molecule has 4 nitrogen and oxygen atoms in total. The van der Waals surface area contributed by atoms with Crippen LogP contribution in [-0.4, -0.2) is 48.3 Å². The van der Waals surface area contributed by atoms with E-state index in [-0.39, 0.29) is 17.2 Å². The monoisotopic (exact) mass is 406 g/mol. The molecule has 1 aliphatic rings. The molecule has 0 atom stereocenters. The lowest BCUT2D eigenvalue weighted by molar-refractivity contribution is -0.131. The molecule has 0 saturated carbocycles. The number of carbonyl (C=O) groups is 2. The van der Waals surface area contributed by atoms with Crippen LogP contribution in [0.15, 0.2) is 48.5 Å². The molecular weight excluding hydrogens is 372 g/mol. The Kier molecular flexibility index (Phi) is 6.96. The molecule has 0 spiro atoms. The Hall–Kier alpha value is -2.62. The quantitative estimate of drug-likeness (QED) is 0.597. The normalized spacial score (nSPS) is 13.5. The lowest BCUT2D eigenvalue weighted by Crippen LogP contribution is -2.34. The highest BCUT2D eigenvalue weighted by Gasteiger charge is 2.43. The number of fused-ring (bicyclic) bond motifs is 3. The van der Waals surface area contributed by atoms with Gasteiger partial charge in [-0.15, -0.1) is 0 Å². The van der Waals surface area contributed by atoms with Crippen LogP contribution in [0, 0.1) is 0 Å². The number of benzene rings is 2. The summed E-state index contributed by atoms with van der Waals surface area (Å²) in [6, 6.07) is 17.0. The van der Waals surface area contributed by atoms with Crippen molar-refractivity contribution in [3.8, 4) is 11.1 Å². The first-order valence-corrected chi connectivity index (χ1v) is 11.2. The van der Waals surface area contributed by atoms with Crippen LogP contribution in [0.5, 0.6) is 0 Å². The summed E-state index contributed by atoms with van der Waals surface area (Å²) in [5.74, 6) is 0.354. The Bertz CT molecular complexity index is 856. The van der Waals surface area contributed by atoms with E-state index in [1.54, 1.807) is 4.90 Å². The molecule has 0 heterocycles. The van der Waals surface area contributed by atoms with Crippen molar-refractivity contribution in [3.05, 3.63) is 59.7 Å². The maximum absolute atomic E-state index is 12.9. The summed E-state index contributed by atoms with van der Waals surface area (Å²) in [6.07, 6.45) is 2.41. The van der Waals surface area contributed by atoms with E-state index in [2.05, 4.69) is 48.5 Å². The third-order valence-electron chi connectivity index (χ3n) is 6.72. The van der Waals surface area contributed by atoms with Gasteiger partial charge in [0.25, 0.3) is 0 Å². The molecule has 0 N–H and O–H groups in total. The van der Waals surface area contributed by atoms with E-state index in [1.807, 2.05) is 32.7 Å². The first-order valence-electron chi connectivity index (χ1n) is 11.2. The number of carbonyl (C=O) groups excluding carboxylic acids is 2. The van der Waals surface area contributed by atoms with Crippen molar-refractivity contribution in [1.29, 1.82) is 0 Å². The predicted octanol–water partition coefficient (Wildman–Crippen LogP) is 4.86. The van der Waals surface area contributed by atoms with Crippen molar-refractivity contribution in [2.24, 2.45) is 0 Å². The number of hydrogen-bond acceptors (Lipinski definition) is 2. The fourth-order valence-electron chi connectivity index (χ4n) is 4.82. The van der Waals surface area contributed by atoms with Crippen LogP contribution in [0.1, 0.15) is 57.6 Å². The SMILES string of the molecule is CCN(C)C(=O)CCC1(CCC(=O)N(CC)CC)c2ccccc2-c2ccccc21. The summed E-state index contributed by atoms with van der Waals surface area (Å²) in [5, 5.41) is 0. The van der Waals surface area contributed by atoms with Gasteiger partial charge in [0.1, 0.15) is 0 Å². The van der Waals surface area contributed by atoms with Crippen molar-refractivity contribution in [2.45, 2.75) is 51.9 Å². The molecule has 2 aromatic carbocycles. The van der Waals surface area contributed by atoms with E-state index in [0.717, 1.165) is 25.9 Å². The summed E-state index contributed by atoms with van der Waals surface area (Å²) in [4.78, 5) is 29.2. The minimum atomic E-state index is -0.305. The smallest absolute Gasteiger partial charge is 0.222 e. The lowest BCUT2D eigenvalue weighted by Gasteiger charge is -2.33. The van der Waals surface area contributed by atoms with Crippen LogP contribution in [0.4, 0.5) is 0 Å². The minimum Gasteiger partial charge on any atom is -0.346 e. The Labute approximate surface area is 180 Å². The van der Waals surface area contributed by atoms with E-state index in [9.17, 15) is 9.59 Å². The zero-order chi connectivity index (χ0) is 21.7. The zero-order valence-corrected chi connectivity index (χ0v) is 18.8. The van der Waals surface area contributed by atoms with Gasteiger partial charge in [-0.1, -0.05) is 48.5 Å². The molecule has 160 valence electrons. The first kappa shape index (κ1) is 22.1. The Morgan fingerprint density at radius 3 is 1.67 bits per heavy atom. The van der Waals surface area contributed by atoms with E-state index in [4.69, 9.17) is 0 Å². The molecule has 0 radical (unpaired) electrons. The minimum absolute atomic E-state index is 0.161. The van der Waals surface area contributed by atoms with Gasteiger partial charge in [-0.05, 0) is 55.9 Å². The molecule has 4 heteroatoms. The van der Waals surface area contributed by atoms with Gasteiger partial charge in [-0.3, -0.25) is 9.59 Å². The molecule has 0 aliphatic heterocycles. The summed E-state index contributed by atoms with van der Waals surface area (Å²) in [5.41, 5.74) is 4.68. The van der Waals surface area contributed by atoms with Gasteiger partial charge in [-0.25, -0.2) is 0 Å². The third kappa shape index (κ3) is 4.00. The standard InChI is InChI=1S/C26H34N2O2/c1-5-27(4)24(29)16-18-26(19-17-25(30)28(6-2)7-3)22-14-10-8-12-20(22)21-13-9-11-15-23(21)26/h8-15H,5-7,16-19H2,1-4H3. The molecule has 1 aliphatic carbocycles. The van der Waals surface area contributed by atoms with E-state index < -0.39 is 0 Å². The van der Waals surface area contributed by atoms with Crippen molar-refractivity contribution in [3.63, 3.8) is 0 Å². The molecule has 0 unspecified atom stereocenters. The highest BCUT2D eigenvalue weighted by atomic mass is 16.2. The molecule has 0 bridgehead atoms. The third-order valence-corrected chi connectivity index (χ3v) is 6.72. The number of rotatable bonds is 9. The zero-order valence-electron chi connectivity index (χ0n) is 18.8. The largest absolute Gasteiger partial charge is 0.346 e. The summed E-state index contributed by atoms with van der Waals surface area (Å²) >= 11 is 0. The van der Waals surface area contributed by atoms with Crippen molar-refractivity contribution in [2.75, 3.05) is 26.7 Å². The number of nitrogens with zero attached hydrogens (tertiary/aromatic N) is 2. The van der Waals surface area contributed by atoms with Gasteiger partial charge >= 0.3 is 0 Å². The highest BCUT2D eigenvalue weighted by molar-refractivity contribution is 5.83. The van der Waals surface area contributed by atoms with Gasteiger partial charge < -0.3 is 9.80 Å². The highest BCUT2D eigenvalue weighted by Crippen LogP contribution is 2.53.